The average Bonchev–Trinajstić information content (AvgIpc) is 2.49. The fraction of sp³-hybridized carbons (Fsp3) is 0.167. The van der Waals surface area contributed by atoms with Crippen molar-refractivity contribution in [3.8, 4) is 0 Å². The molecule has 0 radical (unpaired) electrons. The number of fused-ring (bicyclic) bond motifs is 1. The lowest BCUT2D eigenvalue weighted by Crippen LogP contribution is -2.06. The van der Waals surface area contributed by atoms with Crippen molar-refractivity contribution in [2.75, 3.05) is 0 Å². The summed E-state index contributed by atoms with van der Waals surface area (Å²) in [6.07, 6.45) is 1.77. The zero-order valence-electron chi connectivity index (χ0n) is 11.5. The minimum Gasteiger partial charge on any atom is -0.386 e. The van der Waals surface area contributed by atoms with Crippen LogP contribution in [0.1, 0.15) is 22.9 Å². The number of benzene rings is 2. The summed E-state index contributed by atoms with van der Waals surface area (Å²) < 4.78 is 0. The fourth-order valence-corrected chi connectivity index (χ4v) is 2.55. The quantitative estimate of drug-likeness (QED) is 0.779. The minimum atomic E-state index is -0.581. The highest BCUT2D eigenvalue weighted by Crippen LogP contribution is 2.25. The van der Waals surface area contributed by atoms with E-state index >= 15 is 0 Å². The molecule has 3 rings (SSSR count). The fourth-order valence-electron chi connectivity index (χ4n) is 2.55. The predicted octanol–water partition coefficient (Wildman–Crippen LogP) is 3.82. The molecule has 0 aliphatic carbocycles. The molecule has 0 bridgehead atoms. The second-order valence-corrected chi connectivity index (χ2v) is 5.06. The second kappa shape index (κ2) is 5.43. The van der Waals surface area contributed by atoms with Crippen LogP contribution in [0.5, 0.6) is 0 Å². The van der Waals surface area contributed by atoms with Crippen LogP contribution in [0.4, 0.5) is 0 Å². The van der Waals surface area contributed by atoms with Gasteiger partial charge < -0.3 is 5.11 Å². The Morgan fingerprint density at radius 1 is 1.00 bits per heavy atom. The number of hydrogen-bond donors (Lipinski definition) is 1. The molecule has 1 unspecified atom stereocenters. The van der Waals surface area contributed by atoms with Crippen molar-refractivity contribution < 1.29 is 5.11 Å². The molecule has 2 nitrogen and oxygen atoms in total. The van der Waals surface area contributed by atoms with Crippen molar-refractivity contribution in [1.82, 2.24) is 4.98 Å². The van der Waals surface area contributed by atoms with Crippen molar-refractivity contribution in [1.29, 1.82) is 0 Å². The zero-order chi connectivity index (χ0) is 13.9. The Hall–Kier alpha value is -2.19. The van der Waals surface area contributed by atoms with Gasteiger partial charge in [-0.3, -0.25) is 4.98 Å². The van der Waals surface area contributed by atoms with E-state index in [0.717, 1.165) is 22.0 Å². The van der Waals surface area contributed by atoms with Gasteiger partial charge in [-0.25, -0.2) is 0 Å². The highest BCUT2D eigenvalue weighted by atomic mass is 16.3. The van der Waals surface area contributed by atoms with Gasteiger partial charge in [0.25, 0.3) is 0 Å². The Labute approximate surface area is 118 Å². The maximum absolute atomic E-state index is 10.5. The topological polar surface area (TPSA) is 33.1 Å². The molecule has 1 atom stereocenters. The van der Waals surface area contributed by atoms with Gasteiger partial charge in [0, 0.05) is 18.0 Å². The van der Waals surface area contributed by atoms with Gasteiger partial charge in [-0.2, -0.15) is 0 Å². The van der Waals surface area contributed by atoms with E-state index in [9.17, 15) is 5.11 Å². The first kappa shape index (κ1) is 12.8. The summed E-state index contributed by atoms with van der Waals surface area (Å²) in [6, 6.07) is 18.2. The molecule has 0 fully saturated rings. The number of aliphatic hydroxyl groups is 1. The molecule has 0 amide bonds. The van der Waals surface area contributed by atoms with Crippen LogP contribution in [0.3, 0.4) is 0 Å². The summed E-state index contributed by atoms with van der Waals surface area (Å²) in [6.45, 7) is 2.07. The first-order chi connectivity index (χ1) is 9.75. The SMILES string of the molecule is Cc1ccccc1CC(O)c1nccc2ccccc12. The van der Waals surface area contributed by atoms with Gasteiger partial charge in [-0.1, -0.05) is 48.5 Å². The number of pyridine rings is 1. The molecular weight excluding hydrogens is 246 g/mol. The first-order valence-electron chi connectivity index (χ1n) is 6.82. The third-order valence-electron chi connectivity index (χ3n) is 3.69. The van der Waals surface area contributed by atoms with Gasteiger partial charge in [0.05, 0.1) is 5.69 Å². The number of hydrogen-bond acceptors (Lipinski definition) is 2. The summed E-state index contributed by atoms with van der Waals surface area (Å²) >= 11 is 0. The van der Waals surface area contributed by atoms with Crippen molar-refractivity contribution in [3.63, 3.8) is 0 Å². The van der Waals surface area contributed by atoms with Crippen molar-refractivity contribution in [2.24, 2.45) is 0 Å². The van der Waals surface area contributed by atoms with Gasteiger partial charge in [0.1, 0.15) is 6.10 Å². The third-order valence-corrected chi connectivity index (χ3v) is 3.69. The van der Waals surface area contributed by atoms with Gasteiger partial charge in [0.2, 0.25) is 0 Å². The summed E-state index contributed by atoms with van der Waals surface area (Å²) in [5.74, 6) is 0. The number of rotatable bonds is 3. The normalized spacial score (nSPS) is 12.5. The maximum Gasteiger partial charge on any atom is 0.101 e. The van der Waals surface area contributed by atoms with Crippen LogP contribution in [0.15, 0.2) is 60.8 Å². The summed E-state index contributed by atoms with van der Waals surface area (Å²) in [5, 5.41) is 12.7. The molecule has 0 aliphatic rings. The lowest BCUT2D eigenvalue weighted by molar-refractivity contribution is 0.175. The third kappa shape index (κ3) is 2.43. The van der Waals surface area contributed by atoms with Crippen LogP contribution in [-0.4, -0.2) is 10.1 Å². The summed E-state index contributed by atoms with van der Waals surface area (Å²) in [5.41, 5.74) is 3.12. The van der Waals surface area contributed by atoms with E-state index in [2.05, 4.69) is 24.0 Å². The smallest absolute Gasteiger partial charge is 0.101 e. The van der Waals surface area contributed by atoms with Crippen LogP contribution in [-0.2, 0) is 6.42 Å². The molecule has 2 heteroatoms. The molecule has 1 N–H and O–H groups in total. The molecule has 20 heavy (non-hydrogen) atoms. The van der Waals surface area contributed by atoms with Gasteiger partial charge in [0.15, 0.2) is 0 Å². The Morgan fingerprint density at radius 3 is 2.60 bits per heavy atom. The van der Waals surface area contributed by atoms with E-state index in [0.29, 0.717) is 6.42 Å². The molecule has 1 aromatic heterocycles. The van der Waals surface area contributed by atoms with Crippen molar-refractivity contribution >= 4 is 10.8 Å². The van der Waals surface area contributed by atoms with Crippen molar-refractivity contribution in [2.45, 2.75) is 19.4 Å². The van der Waals surface area contributed by atoms with E-state index in [1.807, 2.05) is 42.5 Å². The maximum atomic E-state index is 10.5. The largest absolute Gasteiger partial charge is 0.386 e. The van der Waals surface area contributed by atoms with Crippen LogP contribution < -0.4 is 0 Å². The van der Waals surface area contributed by atoms with Crippen LogP contribution in [0, 0.1) is 6.92 Å². The van der Waals surface area contributed by atoms with E-state index < -0.39 is 6.10 Å². The molecule has 100 valence electrons. The van der Waals surface area contributed by atoms with Crippen LogP contribution in [0.2, 0.25) is 0 Å². The first-order valence-corrected chi connectivity index (χ1v) is 6.82. The van der Waals surface area contributed by atoms with Crippen LogP contribution in [0.25, 0.3) is 10.8 Å². The molecule has 0 spiro atoms. The molecule has 0 aliphatic heterocycles. The van der Waals surface area contributed by atoms with Crippen molar-refractivity contribution in [3.05, 3.63) is 77.6 Å². The lowest BCUT2D eigenvalue weighted by atomic mass is 9.98. The summed E-state index contributed by atoms with van der Waals surface area (Å²) in [4.78, 5) is 4.38. The zero-order valence-corrected chi connectivity index (χ0v) is 11.5. The highest BCUT2D eigenvalue weighted by molar-refractivity contribution is 5.84. The number of aliphatic hydroxyl groups excluding tert-OH is 1. The minimum absolute atomic E-state index is 0.581. The molecule has 0 saturated heterocycles. The lowest BCUT2D eigenvalue weighted by Gasteiger charge is -2.14. The molecule has 1 heterocycles. The molecule has 2 aromatic carbocycles. The van der Waals surface area contributed by atoms with E-state index in [-0.39, 0.29) is 0 Å². The van der Waals surface area contributed by atoms with Gasteiger partial charge >= 0.3 is 0 Å². The molecular formula is C18H17NO. The predicted molar refractivity (Wildman–Crippen MR) is 81.6 cm³/mol. The van der Waals surface area contributed by atoms with E-state index in [1.54, 1.807) is 6.20 Å². The Bertz CT molecular complexity index is 731. The van der Waals surface area contributed by atoms with Gasteiger partial charge in [-0.05, 0) is 29.5 Å². The average molecular weight is 263 g/mol. The van der Waals surface area contributed by atoms with Gasteiger partial charge in [-0.15, -0.1) is 0 Å². The number of aryl methyl sites for hydroxylation is 1. The Morgan fingerprint density at radius 2 is 1.75 bits per heavy atom. The monoisotopic (exact) mass is 263 g/mol. The number of aromatic nitrogens is 1. The van der Waals surface area contributed by atoms with Crippen LogP contribution >= 0.6 is 0 Å². The van der Waals surface area contributed by atoms with E-state index in [1.165, 1.54) is 5.56 Å². The Balaban J connectivity index is 1.97. The molecule has 3 aromatic rings. The summed E-state index contributed by atoms with van der Waals surface area (Å²) in [7, 11) is 0. The molecule has 0 saturated carbocycles. The standard InChI is InChI=1S/C18H17NO/c1-13-6-2-3-8-15(13)12-17(20)18-16-9-5-4-7-14(16)10-11-19-18/h2-11,17,20H,12H2,1H3. The Kier molecular flexibility index (Phi) is 3.48. The van der Waals surface area contributed by atoms with E-state index in [4.69, 9.17) is 0 Å². The number of nitrogens with zero attached hydrogens (tertiary/aromatic N) is 1. The highest BCUT2D eigenvalue weighted by Gasteiger charge is 2.14. The second-order valence-electron chi connectivity index (χ2n) is 5.06.